The second kappa shape index (κ2) is 5.47. The van der Waals surface area contributed by atoms with Crippen LogP contribution >= 0.6 is 11.8 Å². The molecule has 3 aliphatic rings. The number of carbonyl (C=O) groups excluding carboxylic acids is 1. The first-order valence-corrected chi connectivity index (χ1v) is 8.63. The Balaban J connectivity index is 1.78. The lowest BCUT2D eigenvalue weighted by Gasteiger charge is -2.37. The highest BCUT2D eigenvalue weighted by molar-refractivity contribution is 7.99. The van der Waals surface area contributed by atoms with Crippen molar-refractivity contribution in [1.29, 1.82) is 0 Å². The number of urea groups is 1. The van der Waals surface area contributed by atoms with E-state index in [0.29, 0.717) is 12.5 Å². The summed E-state index contributed by atoms with van der Waals surface area (Å²) in [7, 11) is 0. The molecular formula is C14H22N2O3S. The van der Waals surface area contributed by atoms with Gasteiger partial charge in [-0.2, -0.15) is 11.8 Å². The molecule has 0 aromatic carbocycles. The molecule has 2 aliphatic heterocycles. The Kier molecular flexibility index (Phi) is 3.84. The van der Waals surface area contributed by atoms with Gasteiger partial charge in [-0.3, -0.25) is 0 Å². The van der Waals surface area contributed by atoms with Gasteiger partial charge in [0.15, 0.2) is 0 Å². The summed E-state index contributed by atoms with van der Waals surface area (Å²) in [6, 6.07) is -0.451. The molecular weight excluding hydrogens is 276 g/mol. The smallest absolute Gasteiger partial charge is 0.326 e. The molecule has 0 aromatic rings. The third-order valence-corrected chi connectivity index (χ3v) is 6.19. The molecule has 4 unspecified atom stereocenters. The van der Waals surface area contributed by atoms with Crippen molar-refractivity contribution in [2.45, 2.75) is 38.3 Å². The quantitative estimate of drug-likeness (QED) is 0.801. The first-order valence-electron chi connectivity index (χ1n) is 7.47. The number of amides is 2. The lowest BCUT2D eigenvalue weighted by atomic mass is 9.94. The van der Waals surface area contributed by atoms with E-state index in [1.54, 1.807) is 4.90 Å². The van der Waals surface area contributed by atoms with Crippen LogP contribution in [0.4, 0.5) is 4.79 Å². The molecule has 2 heterocycles. The Hall–Kier alpha value is -0.910. The highest BCUT2D eigenvalue weighted by Gasteiger charge is 2.50. The molecule has 4 atom stereocenters. The van der Waals surface area contributed by atoms with Crippen molar-refractivity contribution in [2.24, 2.45) is 11.8 Å². The molecule has 1 N–H and O–H groups in total. The van der Waals surface area contributed by atoms with E-state index in [2.05, 4.69) is 6.92 Å². The molecule has 0 aromatic heterocycles. The van der Waals surface area contributed by atoms with E-state index in [-0.39, 0.29) is 18.0 Å². The van der Waals surface area contributed by atoms with Gasteiger partial charge in [-0.25, -0.2) is 9.59 Å². The van der Waals surface area contributed by atoms with Gasteiger partial charge in [0, 0.05) is 30.6 Å². The first kappa shape index (κ1) is 14.0. The summed E-state index contributed by atoms with van der Waals surface area (Å²) in [5.74, 6) is 1.64. The van der Waals surface area contributed by atoms with Crippen molar-refractivity contribution >= 4 is 23.8 Å². The second-order valence-corrected chi connectivity index (χ2v) is 7.34. The number of hydrogen-bond acceptors (Lipinski definition) is 3. The Morgan fingerprint density at radius 2 is 2.05 bits per heavy atom. The molecule has 2 saturated heterocycles. The molecule has 5 nitrogen and oxygen atoms in total. The summed E-state index contributed by atoms with van der Waals surface area (Å²) in [6.45, 7) is 3.43. The zero-order valence-corrected chi connectivity index (χ0v) is 12.6. The normalized spacial score (nSPS) is 37.0. The van der Waals surface area contributed by atoms with Gasteiger partial charge in [0.2, 0.25) is 0 Å². The highest BCUT2D eigenvalue weighted by Crippen LogP contribution is 2.42. The Morgan fingerprint density at radius 1 is 1.25 bits per heavy atom. The van der Waals surface area contributed by atoms with E-state index in [9.17, 15) is 14.7 Å². The number of carboxylic acids is 1. The van der Waals surface area contributed by atoms with E-state index < -0.39 is 12.0 Å². The number of nitrogens with zero attached hydrogens (tertiary/aromatic N) is 2. The molecule has 112 valence electrons. The predicted molar refractivity (Wildman–Crippen MR) is 77.8 cm³/mol. The minimum atomic E-state index is -0.827. The molecule has 1 aliphatic carbocycles. The van der Waals surface area contributed by atoms with Crippen molar-refractivity contribution < 1.29 is 14.7 Å². The fourth-order valence-corrected chi connectivity index (χ4v) is 5.01. The fraction of sp³-hybridized carbons (Fsp3) is 0.857. The summed E-state index contributed by atoms with van der Waals surface area (Å²) in [6.07, 6.45) is 3.14. The number of fused-ring (bicyclic) bond motifs is 1. The van der Waals surface area contributed by atoms with Crippen molar-refractivity contribution in [3.63, 3.8) is 0 Å². The third kappa shape index (κ3) is 2.28. The van der Waals surface area contributed by atoms with Crippen LogP contribution in [-0.4, -0.2) is 63.6 Å². The SMILES string of the molecule is CC1CSCCN1C(=O)N1CC2CCCC2C1C(=O)O. The molecule has 20 heavy (non-hydrogen) atoms. The van der Waals surface area contributed by atoms with Gasteiger partial charge in [-0.1, -0.05) is 6.42 Å². The number of likely N-dealkylation sites (tertiary alicyclic amines) is 1. The van der Waals surface area contributed by atoms with Crippen molar-refractivity contribution in [2.75, 3.05) is 24.6 Å². The third-order valence-electron chi connectivity index (χ3n) is 5.00. The maximum absolute atomic E-state index is 12.7. The zero-order valence-electron chi connectivity index (χ0n) is 11.8. The second-order valence-electron chi connectivity index (χ2n) is 6.19. The lowest BCUT2D eigenvalue weighted by Crippen LogP contribution is -2.54. The van der Waals surface area contributed by atoms with E-state index in [1.807, 2.05) is 16.7 Å². The van der Waals surface area contributed by atoms with Gasteiger partial charge in [0.05, 0.1) is 0 Å². The van der Waals surface area contributed by atoms with Crippen LogP contribution in [0.3, 0.4) is 0 Å². The van der Waals surface area contributed by atoms with Crippen LogP contribution in [0.25, 0.3) is 0 Å². The average molecular weight is 298 g/mol. The van der Waals surface area contributed by atoms with Gasteiger partial charge >= 0.3 is 12.0 Å². The zero-order chi connectivity index (χ0) is 14.3. The Morgan fingerprint density at radius 3 is 2.75 bits per heavy atom. The summed E-state index contributed by atoms with van der Waals surface area (Å²) >= 11 is 1.86. The molecule has 1 saturated carbocycles. The Labute approximate surface area is 123 Å². The topological polar surface area (TPSA) is 60.9 Å². The van der Waals surface area contributed by atoms with Gasteiger partial charge in [-0.05, 0) is 31.6 Å². The van der Waals surface area contributed by atoms with Gasteiger partial charge in [-0.15, -0.1) is 0 Å². The lowest BCUT2D eigenvalue weighted by molar-refractivity contribution is -0.142. The van der Waals surface area contributed by atoms with Crippen molar-refractivity contribution in [3.05, 3.63) is 0 Å². The van der Waals surface area contributed by atoms with Crippen LogP contribution in [0.5, 0.6) is 0 Å². The van der Waals surface area contributed by atoms with Crippen LogP contribution in [0.2, 0.25) is 0 Å². The summed E-state index contributed by atoms with van der Waals surface area (Å²) in [5, 5.41) is 9.53. The molecule has 0 spiro atoms. The number of aliphatic carboxylic acids is 1. The van der Waals surface area contributed by atoms with Gasteiger partial charge < -0.3 is 14.9 Å². The number of carboxylic acid groups (broad SMARTS) is 1. The van der Waals surface area contributed by atoms with E-state index >= 15 is 0 Å². The van der Waals surface area contributed by atoms with Gasteiger partial charge in [0.1, 0.15) is 6.04 Å². The van der Waals surface area contributed by atoms with Crippen molar-refractivity contribution in [1.82, 2.24) is 9.80 Å². The predicted octanol–water partition coefficient (Wildman–Crippen LogP) is 1.73. The molecule has 0 radical (unpaired) electrons. The minimum Gasteiger partial charge on any atom is -0.480 e. The van der Waals surface area contributed by atoms with E-state index in [4.69, 9.17) is 0 Å². The van der Waals surface area contributed by atoms with E-state index in [1.165, 1.54) is 0 Å². The maximum Gasteiger partial charge on any atom is 0.326 e. The average Bonchev–Trinajstić information content (AvgIpc) is 2.97. The number of hydrogen-bond donors (Lipinski definition) is 1. The van der Waals surface area contributed by atoms with E-state index in [0.717, 1.165) is 37.3 Å². The number of thioether (sulfide) groups is 1. The molecule has 3 fully saturated rings. The molecule has 0 bridgehead atoms. The first-order chi connectivity index (χ1) is 9.59. The summed E-state index contributed by atoms with van der Waals surface area (Å²) in [5.41, 5.74) is 0. The van der Waals surface area contributed by atoms with Crippen LogP contribution in [0, 0.1) is 11.8 Å². The molecule has 6 heteroatoms. The largest absolute Gasteiger partial charge is 0.480 e. The Bertz CT molecular complexity index is 417. The van der Waals surface area contributed by atoms with Crippen molar-refractivity contribution in [3.8, 4) is 0 Å². The molecule has 3 rings (SSSR count). The summed E-state index contributed by atoms with van der Waals surface area (Å²) < 4.78 is 0. The van der Waals surface area contributed by atoms with Crippen LogP contribution in [0.15, 0.2) is 0 Å². The maximum atomic E-state index is 12.7. The monoisotopic (exact) mass is 298 g/mol. The number of carbonyl (C=O) groups is 2. The highest BCUT2D eigenvalue weighted by atomic mass is 32.2. The van der Waals surface area contributed by atoms with Crippen LogP contribution in [0.1, 0.15) is 26.2 Å². The van der Waals surface area contributed by atoms with Crippen LogP contribution < -0.4 is 0 Å². The summed E-state index contributed by atoms with van der Waals surface area (Å²) in [4.78, 5) is 27.9. The van der Waals surface area contributed by atoms with Gasteiger partial charge in [0.25, 0.3) is 0 Å². The minimum absolute atomic E-state index is 0.0559. The van der Waals surface area contributed by atoms with Crippen LogP contribution in [-0.2, 0) is 4.79 Å². The fourth-order valence-electron chi connectivity index (χ4n) is 4.00. The number of rotatable bonds is 1. The standard InChI is InChI=1S/C14H22N2O3S/c1-9-8-20-6-5-15(9)14(19)16-7-10-3-2-4-11(10)12(16)13(17)18/h9-12H,2-8H2,1H3,(H,17,18). The molecule has 2 amide bonds.